The quantitative estimate of drug-likeness (QED) is 0.943. The molecule has 2 aromatic rings. The average Bonchev–Trinajstić information content (AvgIpc) is 2.92. The van der Waals surface area contributed by atoms with Crippen LogP contribution in [0.2, 0.25) is 0 Å². The van der Waals surface area contributed by atoms with Crippen LogP contribution in [-0.4, -0.2) is 23.6 Å². The Morgan fingerprint density at radius 3 is 2.62 bits per heavy atom. The second kappa shape index (κ2) is 6.00. The van der Waals surface area contributed by atoms with Crippen molar-refractivity contribution in [3.8, 4) is 5.75 Å². The van der Waals surface area contributed by atoms with Gasteiger partial charge in [0.1, 0.15) is 5.75 Å². The lowest BCUT2D eigenvalue weighted by Crippen LogP contribution is -2.29. The van der Waals surface area contributed by atoms with E-state index in [-0.39, 0.29) is 11.3 Å². The zero-order valence-electron chi connectivity index (χ0n) is 12.2. The topological polar surface area (TPSA) is 38.3 Å². The SMILES string of the molecule is CNC1c2ccccc2CC1S(=O)c1ccccc1OC. The predicted octanol–water partition coefficient (Wildman–Crippen LogP) is 2.69. The van der Waals surface area contributed by atoms with Gasteiger partial charge in [-0.25, -0.2) is 0 Å². The number of rotatable bonds is 4. The monoisotopic (exact) mass is 301 g/mol. The van der Waals surface area contributed by atoms with Gasteiger partial charge in [-0.2, -0.15) is 0 Å². The van der Waals surface area contributed by atoms with Gasteiger partial charge in [-0.05, 0) is 36.7 Å². The molecule has 110 valence electrons. The molecule has 1 aliphatic rings. The lowest BCUT2D eigenvalue weighted by atomic mass is 10.1. The summed E-state index contributed by atoms with van der Waals surface area (Å²) in [6, 6.07) is 16.0. The van der Waals surface area contributed by atoms with Gasteiger partial charge in [-0.3, -0.25) is 4.21 Å². The van der Waals surface area contributed by atoms with Crippen LogP contribution >= 0.6 is 0 Å². The maximum Gasteiger partial charge on any atom is 0.134 e. The summed E-state index contributed by atoms with van der Waals surface area (Å²) in [5.74, 6) is 0.696. The fraction of sp³-hybridized carbons (Fsp3) is 0.294. The van der Waals surface area contributed by atoms with Crippen LogP contribution in [0.15, 0.2) is 53.4 Å². The largest absolute Gasteiger partial charge is 0.495 e. The van der Waals surface area contributed by atoms with Gasteiger partial charge in [-0.1, -0.05) is 36.4 Å². The summed E-state index contributed by atoms with van der Waals surface area (Å²) in [5.41, 5.74) is 2.54. The summed E-state index contributed by atoms with van der Waals surface area (Å²) in [5, 5.41) is 3.36. The Balaban J connectivity index is 1.96. The minimum atomic E-state index is -1.11. The van der Waals surface area contributed by atoms with Crippen LogP contribution in [0.4, 0.5) is 0 Å². The number of benzene rings is 2. The fourth-order valence-corrected chi connectivity index (χ4v) is 4.80. The maximum absolute atomic E-state index is 13.1. The zero-order chi connectivity index (χ0) is 14.8. The molecular formula is C17H19NO2S. The summed E-state index contributed by atoms with van der Waals surface area (Å²) in [4.78, 5) is 0.776. The lowest BCUT2D eigenvalue weighted by Gasteiger charge is -2.20. The molecule has 0 radical (unpaired) electrons. The molecule has 3 rings (SSSR count). The molecule has 1 N–H and O–H groups in total. The molecule has 0 heterocycles. The van der Waals surface area contributed by atoms with E-state index in [0.717, 1.165) is 11.3 Å². The molecule has 0 aliphatic heterocycles. The molecule has 2 aromatic carbocycles. The molecule has 3 unspecified atom stereocenters. The van der Waals surface area contributed by atoms with Crippen molar-refractivity contribution in [3.63, 3.8) is 0 Å². The number of hydrogen-bond donors (Lipinski definition) is 1. The molecule has 1 aliphatic carbocycles. The molecule has 0 saturated carbocycles. The van der Waals surface area contributed by atoms with E-state index in [2.05, 4.69) is 17.4 Å². The van der Waals surface area contributed by atoms with E-state index in [4.69, 9.17) is 4.74 Å². The van der Waals surface area contributed by atoms with Crippen LogP contribution in [-0.2, 0) is 17.2 Å². The van der Waals surface area contributed by atoms with E-state index in [9.17, 15) is 4.21 Å². The van der Waals surface area contributed by atoms with Crippen LogP contribution in [0, 0.1) is 0 Å². The van der Waals surface area contributed by atoms with Crippen molar-refractivity contribution in [1.29, 1.82) is 0 Å². The summed E-state index contributed by atoms with van der Waals surface area (Å²) >= 11 is 0. The number of fused-ring (bicyclic) bond motifs is 1. The first kappa shape index (κ1) is 14.3. The second-order valence-electron chi connectivity index (χ2n) is 5.16. The smallest absolute Gasteiger partial charge is 0.134 e. The van der Waals surface area contributed by atoms with E-state index in [1.54, 1.807) is 7.11 Å². The lowest BCUT2D eigenvalue weighted by molar-refractivity contribution is 0.403. The van der Waals surface area contributed by atoms with Crippen molar-refractivity contribution >= 4 is 10.8 Å². The Labute approximate surface area is 127 Å². The van der Waals surface area contributed by atoms with Crippen molar-refractivity contribution in [3.05, 3.63) is 59.7 Å². The Kier molecular flexibility index (Phi) is 4.08. The van der Waals surface area contributed by atoms with E-state index >= 15 is 0 Å². The van der Waals surface area contributed by atoms with Crippen molar-refractivity contribution < 1.29 is 8.95 Å². The summed E-state index contributed by atoms with van der Waals surface area (Å²) in [7, 11) is 2.44. The maximum atomic E-state index is 13.1. The van der Waals surface area contributed by atoms with Gasteiger partial charge in [0.2, 0.25) is 0 Å². The highest BCUT2D eigenvalue weighted by molar-refractivity contribution is 7.85. The van der Waals surface area contributed by atoms with Crippen LogP contribution in [0.5, 0.6) is 5.75 Å². The van der Waals surface area contributed by atoms with E-state index in [1.165, 1.54) is 11.1 Å². The van der Waals surface area contributed by atoms with Crippen molar-refractivity contribution in [1.82, 2.24) is 5.32 Å². The van der Waals surface area contributed by atoms with Crippen LogP contribution in [0.1, 0.15) is 17.2 Å². The van der Waals surface area contributed by atoms with E-state index in [0.29, 0.717) is 5.75 Å². The summed E-state index contributed by atoms with van der Waals surface area (Å²) in [6.07, 6.45) is 0.826. The zero-order valence-corrected chi connectivity index (χ0v) is 13.0. The van der Waals surface area contributed by atoms with E-state index in [1.807, 2.05) is 43.4 Å². The number of para-hydroxylation sites is 1. The third kappa shape index (κ3) is 2.49. The molecule has 3 nitrogen and oxygen atoms in total. The van der Waals surface area contributed by atoms with Gasteiger partial charge in [0, 0.05) is 6.04 Å². The Bertz CT molecular complexity index is 671. The number of methoxy groups -OCH3 is 1. The summed E-state index contributed by atoms with van der Waals surface area (Å²) < 4.78 is 18.4. The Hall–Kier alpha value is -1.65. The minimum absolute atomic E-state index is 0.0312. The van der Waals surface area contributed by atoms with Gasteiger partial charge in [0.15, 0.2) is 0 Å². The fourth-order valence-electron chi connectivity index (χ4n) is 3.05. The molecular weight excluding hydrogens is 282 g/mol. The van der Waals surface area contributed by atoms with E-state index < -0.39 is 10.8 Å². The van der Waals surface area contributed by atoms with Crippen molar-refractivity contribution in [2.45, 2.75) is 22.6 Å². The Morgan fingerprint density at radius 1 is 1.14 bits per heavy atom. The molecule has 0 fully saturated rings. The average molecular weight is 301 g/mol. The molecule has 0 saturated heterocycles. The van der Waals surface area contributed by atoms with Gasteiger partial charge in [0.05, 0.1) is 28.1 Å². The number of nitrogens with one attached hydrogen (secondary N) is 1. The molecule has 3 atom stereocenters. The first-order chi connectivity index (χ1) is 10.3. The third-order valence-electron chi connectivity index (χ3n) is 4.05. The second-order valence-corrected chi connectivity index (χ2v) is 6.80. The van der Waals surface area contributed by atoms with Gasteiger partial charge >= 0.3 is 0 Å². The molecule has 4 heteroatoms. The van der Waals surface area contributed by atoms with Crippen molar-refractivity contribution in [2.75, 3.05) is 14.2 Å². The summed E-state index contributed by atoms with van der Waals surface area (Å²) in [6.45, 7) is 0. The third-order valence-corrected chi connectivity index (χ3v) is 5.81. The van der Waals surface area contributed by atoms with Crippen LogP contribution in [0.3, 0.4) is 0 Å². The van der Waals surface area contributed by atoms with Crippen LogP contribution < -0.4 is 10.1 Å². The number of hydrogen-bond acceptors (Lipinski definition) is 3. The highest BCUT2D eigenvalue weighted by Crippen LogP contribution is 2.37. The standard InChI is InChI=1S/C17H19NO2S/c1-18-17-13-8-4-3-7-12(13)11-16(17)21(19)15-10-6-5-9-14(15)20-2/h3-10,16-18H,11H2,1-2H3. The molecule has 0 amide bonds. The molecule has 0 spiro atoms. The predicted molar refractivity (Wildman–Crippen MR) is 85.1 cm³/mol. The minimum Gasteiger partial charge on any atom is -0.495 e. The highest BCUT2D eigenvalue weighted by atomic mass is 32.2. The van der Waals surface area contributed by atoms with Crippen molar-refractivity contribution in [2.24, 2.45) is 0 Å². The first-order valence-electron chi connectivity index (χ1n) is 7.05. The normalized spacial score (nSPS) is 21.8. The molecule has 0 aromatic heterocycles. The Morgan fingerprint density at radius 2 is 1.86 bits per heavy atom. The van der Waals surface area contributed by atoms with Crippen LogP contribution in [0.25, 0.3) is 0 Å². The van der Waals surface area contributed by atoms with Gasteiger partial charge in [-0.15, -0.1) is 0 Å². The van der Waals surface area contributed by atoms with Gasteiger partial charge < -0.3 is 10.1 Å². The molecule has 0 bridgehead atoms. The first-order valence-corrected chi connectivity index (χ1v) is 8.26. The number of ether oxygens (including phenoxy) is 1. The highest BCUT2D eigenvalue weighted by Gasteiger charge is 2.36. The molecule has 21 heavy (non-hydrogen) atoms. The van der Waals surface area contributed by atoms with Gasteiger partial charge in [0.25, 0.3) is 0 Å².